The van der Waals surface area contributed by atoms with Crippen LogP contribution in [0.25, 0.3) is 5.69 Å². The Bertz CT molecular complexity index is 692. The van der Waals surface area contributed by atoms with E-state index in [1.807, 2.05) is 24.3 Å². The first kappa shape index (κ1) is 13.3. The van der Waals surface area contributed by atoms with Crippen LogP contribution in [0.2, 0.25) is 0 Å². The number of anilines is 1. The lowest BCUT2D eigenvalue weighted by Gasteiger charge is -2.10. The number of aliphatic hydroxyl groups is 1. The highest BCUT2D eigenvalue weighted by molar-refractivity contribution is 5.60. The zero-order chi connectivity index (χ0) is 14.5. The van der Waals surface area contributed by atoms with Crippen molar-refractivity contribution in [3.05, 3.63) is 48.8 Å². The molecule has 0 aliphatic carbocycles. The molecule has 3 aromatic rings. The highest BCUT2D eigenvalue weighted by atomic mass is 16.3. The van der Waals surface area contributed by atoms with E-state index < -0.39 is 0 Å². The fraction of sp³-hybridized carbons (Fsp3) is 0.231. The Hall–Kier alpha value is -2.74. The maximum Gasteiger partial charge on any atom is 0.138 e. The fourth-order valence-electron chi connectivity index (χ4n) is 1.97. The Kier molecular flexibility index (Phi) is 3.88. The van der Waals surface area contributed by atoms with E-state index in [1.165, 1.54) is 6.33 Å². The number of aliphatic hydroxyl groups excluding tert-OH is 1. The summed E-state index contributed by atoms with van der Waals surface area (Å²) in [6.07, 6.45) is 4.95. The van der Waals surface area contributed by atoms with Gasteiger partial charge < -0.3 is 10.4 Å². The third-order valence-corrected chi connectivity index (χ3v) is 2.94. The number of para-hydroxylation sites is 2. The van der Waals surface area contributed by atoms with Crippen LogP contribution in [0.3, 0.4) is 0 Å². The van der Waals surface area contributed by atoms with Crippen LogP contribution in [0, 0.1) is 0 Å². The largest absolute Gasteiger partial charge is 0.394 e. The van der Waals surface area contributed by atoms with Crippen LogP contribution in [-0.2, 0) is 13.1 Å². The molecule has 2 aromatic heterocycles. The van der Waals surface area contributed by atoms with Gasteiger partial charge in [-0.3, -0.25) is 0 Å². The number of nitrogens with one attached hydrogen (secondary N) is 1. The number of hydrogen-bond acceptors (Lipinski definition) is 6. The molecule has 1 aromatic carbocycles. The molecule has 0 saturated carbocycles. The minimum absolute atomic E-state index is 0.0470. The van der Waals surface area contributed by atoms with Crippen LogP contribution in [0.5, 0.6) is 0 Å². The molecule has 8 heteroatoms. The highest BCUT2D eigenvalue weighted by Crippen LogP contribution is 2.19. The summed E-state index contributed by atoms with van der Waals surface area (Å²) < 4.78 is 3.31. The third-order valence-electron chi connectivity index (χ3n) is 2.94. The van der Waals surface area contributed by atoms with Gasteiger partial charge in [-0.1, -0.05) is 17.3 Å². The predicted octanol–water partition coefficient (Wildman–Crippen LogP) is 0.463. The SMILES string of the molecule is OCCn1cc(CNc2ccccc2-n2cncn2)nn1. The van der Waals surface area contributed by atoms with E-state index in [0.29, 0.717) is 13.1 Å². The number of nitrogens with zero attached hydrogens (tertiary/aromatic N) is 6. The Balaban J connectivity index is 1.73. The summed E-state index contributed by atoms with van der Waals surface area (Å²) in [5, 5.41) is 24.3. The van der Waals surface area contributed by atoms with Crippen molar-refractivity contribution in [1.29, 1.82) is 0 Å². The van der Waals surface area contributed by atoms with E-state index >= 15 is 0 Å². The molecule has 21 heavy (non-hydrogen) atoms. The van der Waals surface area contributed by atoms with Crippen LogP contribution in [-0.4, -0.2) is 41.5 Å². The van der Waals surface area contributed by atoms with Gasteiger partial charge in [-0.15, -0.1) is 5.10 Å². The number of rotatable bonds is 6. The summed E-state index contributed by atoms with van der Waals surface area (Å²) in [7, 11) is 0. The van der Waals surface area contributed by atoms with Crippen molar-refractivity contribution in [3.8, 4) is 5.69 Å². The molecule has 0 radical (unpaired) electrons. The first-order chi connectivity index (χ1) is 10.4. The smallest absolute Gasteiger partial charge is 0.138 e. The molecule has 0 unspecified atom stereocenters. The van der Waals surface area contributed by atoms with Crippen LogP contribution in [0.1, 0.15) is 5.69 Å². The van der Waals surface area contributed by atoms with E-state index in [2.05, 4.69) is 25.7 Å². The van der Waals surface area contributed by atoms with Gasteiger partial charge in [0.25, 0.3) is 0 Å². The first-order valence-corrected chi connectivity index (χ1v) is 6.54. The standard InChI is InChI=1S/C13H15N7O/c21-6-5-19-8-11(17-18-19)7-15-12-3-1-2-4-13(12)20-10-14-9-16-20/h1-4,8-10,15,21H,5-7H2. The molecule has 0 fully saturated rings. The Morgan fingerprint density at radius 3 is 2.95 bits per heavy atom. The molecule has 8 nitrogen and oxygen atoms in total. The monoisotopic (exact) mass is 285 g/mol. The van der Waals surface area contributed by atoms with Crippen molar-refractivity contribution in [1.82, 2.24) is 29.8 Å². The molecule has 2 N–H and O–H groups in total. The quantitative estimate of drug-likeness (QED) is 0.683. The summed E-state index contributed by atoms with van der Waals surface area (Å²) in [5.74, 6) is 0. The van der Waals surface area contributed by atoms with E-state index in [-0.39, 0.29) is 6.61 Å². The molecule has 0 aliphatic rings. The van der Waals surface area contributed by atoms with Gasteiger partial charge in [0, 0.05) is 0 Å². The molecule has 108 valence electrons. The second kappa shape index (κ2) is 6.14. The van der Waals surface area contributed by atoms with Gasteiger partial charge in [-0.05, 0) is 12.1 Å². The molecule has 0 saturated heterocycles. The van der Waals surface area contributed by atoms with E-state index in [4.69, 9.17) is 5.11 Å². The Labute approximate surface area is 121 Å². The second-order valence-electron chi connectivity index (χ2n) is 4.41. The fourth-order valence-corrected chi connectivity index (χ4v) is 1.97. The van der Waals surface area contributed by atoms with Gasteiger partial charge in [-0.2, -0.15) is 5.10 Å². The molecule has 0 bridgehead atoms. The average Bonchev–Trinajstić information content (AvgIpc) is 3.17. The van der Waals surface area contributed by atoms with Crippen LogP contribution in [0.15, 0.2) is 43.1 Å². The van der Waals surface area contributed by atoms with Gasteiger partial charge in [0.15, 0.2) is 0 Å². The second-order valence-corrected chi connectivity index (χ2v) is 4.41. The van der Waals surface area contributed by atoms with Crippen molar-refractivity contribution in [2.24, 2.45) is 0 Å². The lowest BCUT2D eigenvalue weighted by molar-refractivity contribution is 0.268. The first-order valence-electron chi connectivity index (χ1n) is 6.54. The van der Waals surface area contributed by atoms with Gasteiger partial charge >= 0.3 is 0 Å². The van der Waals surface area contributed by atoms with Gasteiger partial charge in [0.05, 0.1) is 37.3 Å². The molecule has 0 amide bonds. The van der Waals surface area contributed by atoms with Gasteiger partial charge in [0.1, 0.15) is 18.3 Å². The molecule has 0 atom stereocenters. The van der Waals surface area contributed by atoms with Crippen molar-refractivity contribution in [2.75, 3.05) is 11.9 Å². The summed E-state index contributed by atoms with van der Waals surface area (Å²) in [6, 6.07) is 7.82. The Morgan fingerprint density at radius 1 is 1.24 bits per heavy atom. The lowest BCUT2D eigenvalue weighted by Crippen LogP contribution is -2.05. The van der Waals surface area contributed by atoms with E-state index in [1.54, 1.807) is 21.9 Å². The molecular formula is C13H15N7O. The summed E-state index contributed by atoms with van der Waals surface area (Å²) >= 11 is 0. The van der Waals surface area contributed by atoms with Crippen molar-refractivity contribution < 1.29 is 5.11 Å². The third kappa shape index (κ3) is 3.06. The van der Waals surface area contributed by atoms with Crippen molar-refractivity contribution >= 4 is 5.69 Å². The summed E-state index contributed by atoms with van der Waals surface area (Å²) in [5.41, 5.74) is 2.65. The van der Waals surface area contributed by atoms with Gasteiger partial charge in [-0.25, -0.2) is 14.3 Å². The maximum absolute atomic E-state index is 8.86. The Morgan fingerprint density at radius 2 is 2.14 bits per heavy atom. The maximum atomic E-state index is 8.86. The highest BCUT2D eigenvalue weighted by Gasteiger charge is 2.06. The minimum atomic E-state index is 0.0470. The molecule has 0 spiro atoms. The zero-order valence-corrected chi connectivity index (χ0v) is 11.3. The number of hydrogen-bond donors (Lipinski definition) is 2. The van der Waals surface area contributed by atoms with Crippen molar-refractivity contribution in [2.45, 2.75) is 13.1 Å². The van der Waals surface area contributed by atoms with Crippen LogP contribution < -0.4 is 5.32 Å². The average molecular weight is 285 g/mol. The molecular weight excluding hydrogens is 270 g/mol. The zero-order valence-electron chi connectivity index (χ0n) is 11.3. The van der Waals surface area contributed by atoms with E-state index in [0.717, 1.165) is 17.1 Å². The molecule has 3 rings (SSSR count). The minimum Gasteiger partial charge on any atom is -0.394 e. The van der Waals surface area contributed by atoms with Crippen LogP contribution in [0.4, 0.5) is 5.69 Å². The number of benzene rings is 1. The molecule has 2 heterocycles. The molecule has 0 aliphatic heterocycles. The van der Waals surface area contributed by atoms with E-state index in [9.17, 15) is 0 Å². The van der Waals surface area contributed by atoms with Crippen molar-refractivity contribution in [3.63, 3.8) is 0 Å². The van der Waals surface area contributed by atoms with Crippen LogP contribution >= 0.6 is 0 Å². The summed E-state index contributed by atoms with van der Waals surface area (Å²) in [4.78, 5) is 3.96. The predicted molar refractivity (Wildman–Crippen MR) is 75.8 cm³/mol. The lowest BCUT2D eigenvalue weighted by atomic mass is 10.2. The number of aromatic nitrogens is 6. The summed E-state index contributed by atoms with van der Waals surface area (Å²) in [6.45, 7) is 1.03. The topological polar surface area (TPSA) is 93.7 Å². The normalized spacial score (nSPS) is 10.7. The van der Waals surface area contributed by atoms with Gasteiger partial charge in [0.2, 0.25) is 0 Å².